The number of carbonyl (C=O) groups is 1. The van der Waals surface area contributed by atoms with Crippen LogP contribution in [-0.4, -0.2) is 20.2 Å². The molecule has 0 amide bonds. The van der Waals surface area contributed by atoms with E-state index in [1.54, 1.807) is 0 Å². The van der Waals surface area contributed by atoms with E-state index in [1.165, 1.54) is 14.2 Å². The monoisotopic (exact) mass is 335 g/mol. The summed E-state index contributed by atoms with van der Waals surface area (Å²) in [6.07, 6.45) is 0. The van der Waals surface area contributed by atoms with Crippen LogP contribution in [0.4, 0.5) is 0 Å². The molecule has 0 unspecified atom stereocenters. The zero-order valence-corrected chi connectivity index (χ0v) is 11.3. The number of benzene rings is 1. The van der Waals surface area contributed by atoms with Crippen LogP contribution >= 0.6 is 21.2 Å². The topological polar surface area (TPSA) is 58.6 Å². The van der Waals surface area contributed by atoms with Crippen LogP contribution in [0.3, 0.4) is 0 Å². The Balaban J connectivity index is 2.93. The molecule has 0 atom stereocenters. The Bertz CT molecular complexity index is 386. The summed E-state index contributed by atoms with van der Waals surface area (Å²) in [5, 5.41) is 11.4. The maximum absolute atomic E-state index is 11.4. The Morgan fingerprint density at radius 1 is 1.19 bits per heavy atom. The minimum atomic E-state index is -1.06. The number of hydrogen-bond acceptors (Lipinski definition) is 4. The number of esters is 1. The summed E-state index contributed by atoms with van der Waals surface area (Å²) in [7, 11) is 2.51. The van der Waals surface area contributed by atoms with Crippen molar-refractivity contribution >= 4 is 27.2 Å². The molecule has 0 aliphatic heterocycles. The molecule has 88 valence electrons. The molecule has 16 heavy (non-hydrogen) atoms. The van der Waals surface area contributed by atoms with E-state index in [4.69, 9.17) is 0 Å². The summed E-state index contributed by atoms with van der Waals surface area (Å²) in [4.78, 5) is 11.4. The van der Waals surface area contributed by atoms with Crippen molar-refractivity contribution in [1.82, 2.24) is 0 Å². The van der Waals surface area contributed by atoms with Crippen LogP contribution in [0.15, 0.2) is 39.9 Å². The molecule has 0 spiro atoms. The fourth-order valence-electron chi connectivity index (χ4n) is 0.958. The number of rotatable bonds is 4. The van der Waals surface area contributed by atoms with Gasteiger partial charge in [0.25, 0.3) is 0 Å². The van der Waals surface area contributed by atoms with Gasteiger partial charge < -0.3 is 0 Å². The molecule has 1 rings (SSSR count). The van der Waals surface area contributed by atoms with Gasteiger partial charge in [-0.25, -0.2) is 0 Å². The summed E-state index contributed by atoms with van der Waals surface area (Å²) in [6, 6.07) is 9.38. The molecule has 5 heteroatoms. The van der Waals surface area contributed by atoms with Crippen molar-refractivity contribution in [2.24, 2.45) is 0 Å². The summed E-state index contributed by atoms with van der Waals surface area (Å²) < 4.78 is 10.2. The van der Waals surface area contributed by atoms with E-state index in [9.17, 15) is 9.90 Å². The van der Waals surface area contributed by atoms with Crippen molar-refractivity contribution in [1.29, 1.82) is 0 Å². The number of methoxy groups -OCH3 is 2. The third-order valence-electron chi connectivity index (χ3n) is 1.70. The van der Waals surface area contributed by atoms with Gasteiger partial charge in [0, 0.05) is 0 Å². The van der Waals surface area contributed by atoms with Gasteiger partial charge >= 0.3 is 104 Å². The van der Waals surface area contributed by atoms with Gasteiger partial charge in [0.05, 0.1) is 0 Å². The van der Waals surface area contributed by atoms with Crippen LogP contribution < -0.4 is 5.11 Å². The Morgan fingerprint density at radius 3 is 2.31 bits per heavy atom. The van der Waals surface area contributed by atoms with Gasteiger partial charge in [-0.1, -0.05) is 0 Å². The van der Waals surface area contributed by atoms with E-state index in [-0.39, 0.29) is 3.58 Å². The molecule has 0 heterocycles. The van der Waals surface area contributed by atoms with Crippen LogP contribution in [0.1, 0.15) is 0 Å². The van der Waals surface area contributed by atoms with Gasteiger partial charge in [-0.3, -0.25) is 0 Å². The Kier molecular flexibility index (Phi) is 5.10. The van der Waals surface area contributed by atoms with Gasteiger partial charge in [-0.05, 0) is 0 Å². The second-order valence-electron chi connectivity index (χ2n) is 2.73. The zero-order chi connectivity index (χ0) is 12.0. The molecule has 1 aromatic carbocycles. The predicted molar refractivity (Wildman–Crippen MR) is 66.6 cm³/mol. The average Bonchev–Trinajstić information content (AvgIpc) is 2.35. The van der Waals surface area contributed by atoms with Crippen LogP contribution in [0, 0.1) is 3.57 Å². The van der Waals surface area contributed by atoms with Crippen LogP contribution in [-0.2, 0) is 14.3 Å². The molecular formula is C11H12IO4-. The molecular weight excluding hydrogens is 323 g/mol. The van der Waals surface area contributed by atoms with Gasteiger partial charge in [0.2, 0.25) is 0 Å². The summed E-state index contributed by atoms with van der Waals surface area (Å²) in [5.74, 6) is -1.20. The molecule has 0 bridgehead atoms. The Labute approximate surface area is 104 Å². The predicted octanol–water partition coefficient (Wildman–Crippen LogP) is 0.908. The molecule has 0 aliphatic carbocycles. The van der Waals surface area contributed by atoms with Crippen LogP contribution in [0.5, 0.6) is 0 Å². The van der Waals surface area contributed by atoms with Crippen molar-refractivity contribution in [3.8, 4) is 0 Å². The second-order valence-corrected chi connectivity index (χ2v) is 5.82. The van der Waals surface area contributed by atoms with Crippen molar-refractivity contribution < 1.29 is 19.4 Å². The number of hydrogen-bond donors (Lipinski definition) is 0. The summed E-state index contributed by atoms with van der Waals surface area (Å²) in [6.45, 7) is 0. The van der Waals surface area contributed by atoms with Crippen molar-refractivity contribution in [3.63, 3.8) is 0 Å². The van der Waals surface area contributed by atoms with Crippen molar-refractivity contribution in [2.75, 3.05) is 14.2 Å². The molecule has 0 saturated carbocycles. The summed E-state index contributed by atoms with van der Waals surface area (Å²) >= 11 is -1.06. The van der Waals surface area contributed by atoms with Crippen LogP contribution in [0.25, 0.3) is 0 Å². The average molecular weight is 335 g/mol. The molecule has 0 fully saturated rings. The van der Waals surface area contributed by atoms with Crippen LogP contribution in [0.2, 0.25) is 0 Å². The molecule has 0 N–H and O–H groups in total. The van der Waals surface area contributed by atoms with E-state index in [0.717, 1.165) is 3.57 Å². The van der Waals surface area contributed by atoms with Gasteiger partial charge in [0.15, 0.2) is 0 Å². The Morgan fingerprint density at radius 2 is 1.81 bits per heavy atom. The second kappa shape index (κ2) is 6.37. The standard InChI is InChI=1S/C11H13IO4/c1-15-10(13)9(11(14)16-2)12-8-6-4-3-5-7-8/h3-7,12-13H,1-2H3/p-1/b10-9-. The fraction of sp³-hybridized carbons (Fsp3) is 0.182. The third kappa shape index (κ3) is 3.41. The van der Waals surface area contributed by atoms with Crippen molar-refractivity contribution in [2.45, 2.75) is 0 Å². The Hall–Kier alpha value is -1.24. The normalized spacial score (nSPS) is 11.9. The maximum atomic E-state index is 11.4. The first-order valence-corrected chi connectivity index (χ1v) is 6.78. The first kappa shape index (κ1) is 12.8. The molecule has 0 radical (unpaired) electrons. The third-order valence-corrected chi connectivity index (χ3v) is 4.69. The zero-order valence-electron chi connectivity index (χ0n) is 8.93. The SMILES string of the molecule is COC(=O)/C([IH]c1ccccc1)=C(\[O-])OC. The molecule has 0 saturated heterocycles. The van der Waals surface area contributed by atoms with Gasteiger partial charge in [0.1, 0.15) is 0 Å². The number of ether oxygens (including phenoxy) is 2. The molecule has 1 aromatic rings. The van der Waals surface area contributed by atoms with E-state index < -0.39 is 33.1 Å². The molecule has 0 aromatic heterocycles. The van der Waals surface area contributed by atoms with E-state index in [2.05, 4.69) is 9.47 Å². The molecule has 4 nitrogen and oxygen atoms in total. The van der Waals surface area contributed by atoms with Gasteiger partial charge in [-0.2, -0.15) is 0 Å². The number of halogens is 1. The summed E-state index contributed by atoms with van der Waals surface area (Å²) in [5.41, 5.74) is 0. The fourth-order valence-corrected chi connectivity index (χ4v) is 3.42. The van der Waals surface area contributed by atoms with E-state index in [0.29, 0.717) is 0 Å². The quantitative estimate of drug-likeness (QED) is 0.355. The minimum absolute atomic E-state index is 0.126. The van der Waals surface area contributed by atoms with Crippen molar-refractivity contribution in [3.05, 3.63) is 43.4 Å². The first-order valence-electron chi connectivity index (χ1n) is 4.45. The first-order chi connectivity index (χ1) is 7.69. The number of carbonyl (C=O) groups excluding carboxylic acids is 1. The van der Waals surface area contributed by atoms with E-state index in [1.807, 2.05) is 30.3 Å². The van der Waals surface area contributed by atoms with Gasteiger partial charge in [-0.15, -0.1) is 0 Å². The van der Waals surface area contributed by atoms with E-state index >= 15 is 0 Å². The molecule has 0 aliphatic rings.